The molecule has 3 rings (SSSR count). The Bertz CT molecular complexity index is 1110. The van der Waals surface area contributed by atoms with Gasteiger partial charge < -0.3 is 10.1 Å². The molecule has 0 aliphatic carbocycles. The van der Waals surface area contributed by atoms with Gasteiger partial charge in [-0.05, 0) is 57.2 Å². The maximum absolute atomic E-state index is 14.0. The van der Waals surface area contributed by atoms with Gasteiger partial charge in [-0.1, -0.05) is 74.0 Å². The lowest BCUT2D eigenvalue weighted by atomic mass is 9.71. The molecule has 0 spiro atoms. The van der Waals surface area contributed by atoms with Crippen LogP contribution in [-0.4, -0.2) is 37.3 Å². The summed E-state index contributed by atoms with van der Waals surface area (Å²) in [6.45, 7) is 6.50. The highest BCUT2D eigenvalue weighted by molar-refractivity contribution is 5.98. The number of ether oxygens (including phenoxy) is 1. The lowest BCUT2D eigenvalue weighted by molar-refractivity contribution is -0.203. The van der Waals surface area contributed by atoms with E-state index >= 15 is 0 Å². The van der Waals surface area contributed by atoms with E-state index in [2.05, 4.69) is 16.2 Å². The molecule has 1 saturated heterocycles. The van der Waals surface area contributed by atoms with E-state index in [1.165, 1.54) is 5.01 Å². The predicted octanol–water partition coefficient (Wildman–Crippen LogP) is 5.35. The van der Waals surface area contributed by atoms with Crippen LogP contribution in [0.25, 0.3) is 6.08 Å². The molecule has 2 aromatic carbocycles. The molecule has 1 fully saturated rings. The van der Waals surface area contributed by atoms with Crippen LogP contribution in [-0.2, 0) is 19.2 Å². The van der Waals surface area contributed by atoms with Crippen molar-refractivity contribution < 1.29 is 24.0 Å². The normalized spacial score (nSPS) is 17.4. The molecule has 1 aliphatic rings. The summed E-state index contributed by atoms with van der Waals surface area (Å²) < 4.78 is 5.60. The minimum Gasteiger partial charge on any atom is -0.350 e. The van der Waals surface area contributed by atoms with Crippen molar-refractivity contribution in [2.75, 3.05) is 18.2 Å². The number of para-hydroxylation sites is 1. The fraction of sp³-hybridized carbons (Fsp3) is 0.452. The Hall–Kier alpha value is -3.69. The molecule has 0 radical (unpaired) electrons. The topological polar surface area (TPSA) is 109 Å². The molecule has 40 heavy (non-hydrogen) atoms. The second-order valence-corrected chi connectivity index (χ2v) is 10.1. The summed E-state index contributed by atoms with van der Waals surface area (Å²) in [6, 6.07) is 18.2. The molecule has 9 heteroatoms. The first-order valence-corrected chi connectivity index (χ1v) is 14.1. The zero-order valence-electron chi connectivity index (χ0n) is 23.7. The average Bonchev–Trinajstić information content (AvgIpc) is 2.98. The summed E-state index contributed by atoms with van der Waals surface area (Å²) in [4.78, 5) is 46.2. The van der Waals surface area contributed by atoms with E-state index in [-0.39, 0.29) is 6.42 Å². The molecule has 216 valence electrons. The largest absolute Gasteiger partial charge is 0.350 e. The summed E-state index contributed by atoms with van der Waals surface area (Å²) in [7, 11) is 0. The van der Waals surface area contributed by atoms with Gasteiger partial charge in [-0.2, -0.15) is 0 Å². The molecular formula is C31H42N4O5. The van der Waals surface area contributed by atoms with E-state index in [0.29, 0.717) is 38.1 Å². The molecule has 3 N–H and O–H groups in total. The number of hydroxylamine groups is 1. The smallest absolute Gasteiger partial charge is 0.340 e. The number of nitrogens with zero attached hydrogens (tertiary/aromatic N) is 1. The van der Waals surface area contributed by atoms with Gasteiger partial charge in [-0.25, -0.2) is 20.1 Å². The summed E-state index contributed by atoms with van der Waals surface area (Å²) in [5, 5.41) is 3.94. The van der Waals surface area contributed by atoms with Crippen molar-refractivity contribution in [2.45, 2.75) is 65.6 Å². The molecular weight excluding hydrogens is 508 g/mol. The third-order valence-electron chi connectivity index (χ3n) is 7.04. The molecule has 1 unspecified atom stereocenters. The van der Waals surface area contributed by atoms with Crippen molar-refractivity contribution in [3.63, 3.8) is 0 Å². The van der Waals surface area contributed by atoms with E-state index < -0.39 is 35.5 Å². The SMILES string of the molecule is CCC[C@@](C)(C(=O)NN(C(=O)NCC)c1ccccc1)[C@H](C/C=C/c1ccccc1)C(=O)NOC1CCCCO1. The Morgan fingerprint density at radius 3 is 2.40 bits per heavy atom. The fourth-order valence-electron chi connectivity index (χ4n) is 4.79. The van der Waals surface area contributed by atoms with E-state index in [1.807, 2.05) is 55.5 Å². The maximum Gasteiger partial charge on any atom is 0.340 e. The molecule has 1 heterocycles. The van der Waals surface area contributed by atoms with Gasteiger partial charge in [0.2, 0.25) is 11.8 Å². The van der Waals surface area contributed by atoms with Gasteiger partial charge in [0.15, 0.2) is 6.29 Å². The van der Waals surface area contributed by atoms with Crippen LogP contribution in [0.2, 0.25) is 0 Å². The Morgan fingerprint density at radius 2 is 1.77 bits per heavy atom. The Kier molecular flexibility index (Phi) is 12.2. The summed E-state index contributed by atoms with van der Waals surface area (Å²) in [6.07, 6.45) is 7.25. The summed E-state index contributed by atoms with van der Waals surface area (Å²) >= 11 is 0. The van der Waals surface area contributed by atoms with Gasteiger partial charge in [-0.3, -0.25) is 15.0 Å². The number of carbonyl (C=O) groups excluding carboxylic acids is 3. The summed E-state index contributed by atoms with van der Waals surface area (Å²) in [5.74, 6) is -1.64. The number of allylic oxidation sites excluding steroid dienone is 1. The van der Waals surface area contributed by atoms with Crippen LogP contribution < -0.4 is 21.2 Å². The van der Waals surface area contributed by atoms with Gasteiger partial charge in [0, 0.05) is 19.6 Å². The minimum absolute atomic E-state index is 0.284. The van der Waals surface area contributed by atoms with Gasteiger partial charge >= 0.3 is 6.03 Å². The van der Waals surface area contributed by atoms with Crippen molar-refractivity contribution in [3.05, 3.63) is 72.3 Å². The fourth-order valence-corrected chi connectivity index (χ4v) is 4.79. The zero-order valence-corrected chi connectivity index (χ0v) is 23.7. The van der Waals surface area contributed by atoms with Crippen LogP contribution in [0.5, 0.6) is 0 Å². The lowest BCUT2D eigenvalue weighted by Gasteiger charge is -2.37. The highest BCUT2D eigenvalue weighted by Gasteiger charge is 2.45. The van der Waals surface area contributed by atoms with E-state index in [1.54, 1.807) is 38.1 Å². The van der Waals surface area contributed by atoms with Gasteiger partial charge in [0.1, 0.15) is 0 Å². The first kappa shape index (κ1) is 30.8. The van der Waals surface area contributed by atoms with Crippen LogP contribution >= 0.6 is 0 Å². The molecule has 0 saturated carbocycles. The molecule has 4 amide bonds. The Balaban J connectivity index is 1.88. The standard InChI is InChI=1S/C31H42N4O5/c1-4-22-31(3,29(37)33-35(30(38)32-5-2)25-18-10-7-11-19-25)26(20-14-17-24-15-8-6-9-16-24)28(36)34-40-27-21-12-13-23-39-27/h6-11,14-19,26-27H,4-5,12-13,20-23H2,1-3H3,(H,32,38)(H,33,37)(H,34,36)/b17-14+/t26-,27?,31-/m1/s1. The first-order chi connectivity index (χ1) is 19.4. The van der Waals surface area contributed by atoms with Crippen molar-refractivity contribution in [1.29, 1.82) is 0 Å². The second kappa shape index (κ2) is 15.8. The molecule has 3 atom stereocenters. The number of hydrazine groups is 1. The number of rotatable bonds is 12. The molecule has 0 bridgehead atoms. The third kappa shape index (κ3) is 8.66. The van der Waals surface area contributed by atoms with Gasteiger partial charge in [0.05, 0.1) is 17.0 Å². The predicted molar refractivity (Wildman–Crippen MR) is 156 cm³/mol. The molecule has 9 nitrogen and oxygen atoms in total. The van der Waals surface area contributed by atoms with E-state index in [0.717, 1.165) is 18.4 Å². The van der Waals surface area contributed by atoms with E-state index in [9.17, 15) is 14.4 Å². The Labute approximate surface area is 237 Å². The van der Waals surface area contributed by atoms with Crippen molar-refractivity contribution in [3.8, 4) is 0 Å². The molecule has 1 aliphatic heterocycles. The number of hydrogen-bond acceptors (Lipinski definition) is 5. The first-order valence-electron chi connectivity index (χ1n) is 14.1. The second-order valence-electron chi connectivity index (χ2n) is 10.1. The molecule has 2 aromatic rings. The molecule has 0 aromatic heterocycles. The number of urea groups is 1. The Morgan fingerprint density at radius 1 is 1.07 bits per heavy atom. The van der Waals surface area contributed by atoms with Crippen LogP contribution in [0.3, 0.4) is 0 Å². The quantitative estimate of drug-likeness (QED) is 0.309. The third-order valence-corrected chi connectivity index (χ3v) is 7.04. The highest BCUT2D eigenvalue weighted by Crippen LogP contribution is 2.37. The van der Waals surface area contributed by atoms with Crippen LogP contribution in [0.15, 0.2) is 66.7 Å². The zero-order chi connectivity index (χ0) is 28.8. The van der Waals surface area contributed by atoms with Crippen molar-refractivity contribution >= 4 is 29.6 Å². The number of benzene rings is 2. The average molecular weight is 551 g/mol. The van der Waals surface area contributed by atoms with Crippen LogP contribution in [0.4, 0.5) is 10.5 Å². The maximum atomic E-state index is 14.0. The van der Waals surface area contributed by atoms with Gasteiger partial charge in [0.25, 0.3) is 0 Å². The minimum atomic E-state index is -1.17. The van der Waals surface area contributed by atoms with Crippen molar-refractivity contribution in [1.82, 2.24) is 16.2 Å². The van der Waals surface area contributed by atoms with Crippen LogP contribution in [0.1, 0.15) is 64.9 Å². The summed E-state index contributed by atoms with van der Waals surface area (Å²) in [5.41, 5.74) is 5.70. The highest BCUT2D eigenvalue weighted by atomic mass is 16.8. The number of anilines is 1. The monoisotopic (exact) mass is 550 g/mol. The number of hydrogen-bond donors (Lipinski definition) is 3. The number of carbonyl (C=O) groups is 3. The van der Waals surface area contributed by atoms with Gasteiger partial charge in [-0.15, -0.1) is 0 Å². The van der Waals surface area contributed by atoms with Crippen molar-refractivity contribution in [2.24, 2.45) is 11.3 Å². The number of amides is 4. The van der Waals surface area contributed by atoms with Crippen LogP contribution in [0, 0.1) is 11.3 Å². The lowest BCUT2D eigenvalue weighted by Crippen LogP contribution is -2.57. The van der Waals surface area contributed by atoms with E-state index in [4.69, 9.17) is 9.57 Å². The number of nitrogens with one attached hydrogen (secondary N) is 3.